The number of carboxylic acid groups (broad SMARTS) is 1. The van der Waals surface area contributed by atoms with Crippen LogP contribution < -0.4 is 16.0 Å². The monoisotopic (exact) mass is 713 g/mol. The molecule has 3 amide bonds. The van der Waals surface area contributed by atoms with E-state index in [0.29, 0.717) is 39.2 Å². The topological polar surface area (TPSA) is 186 Å². The largest absolute Gasteiger partial charge is 0.481 e. The molecule has 50 heavy (non-hydrogen) atoms. The zero-order valence-electron chi connectivity index (χ0n) is 31.0. The van der Waals surface area contributed by atoms with E-state index in [4.69, 9.17) is 19.3 Å². The third-order valence-corrected chi connectivity index (χ3v) is 8.13. The predicted molar refractivity (Wildman–Crippen MR) is 192 cm³/mol. The number of unbranched alkanes of at least 4 members (excludes halogenated alkanes) is 15. The van der Waals surface area contributed by atoms with Crippen molar-refractivity contribution in [3.05, 3.63) is 0 Å². The van der Waals surface area contributed by atoms with Crippen LogP contribution in [0.25, 0.3) is 0 Å². The highest BCUT2D eigenvalue weighted by Crippen LogP contribution is 2.14. The maximum absolute atomic E-state index is 12.0. The van der Waals surface area contributed by atoms with Crippen molar-refractivity contribution < 1.29 is 48.1 Å². The van der Waals surface area contributed by atoms with Gasteiger partial charge in [0.1, 0.15) is 19.0 Å². The van der Waals surface area contributed by atoms with Gasteiger partial charge in [-0.3, -0.25) is 24.0 Å². The molecule has 0 aromatic heterocycles. The van der Waals surface area contributed by atoms with Crippen LogP contribution in [-0.2, 0) is 43.0 Å². The molecule has 0 unspecified atom stereocenters. The minimum absolute atomic E-state index is 0.0494. The first-order valence-corrected chi connectivity index (χ1v) is 18.9. The number of carbonyl (C=O) groups is 6. The van der Waals surface area contributed by atoms with Gasteiger partial charge in [0, 0.05) is 32.4 Å². The number of hydrogen-bond acceptors (Lipinski definition) is 9. The smallest absolute Gasteiger partial charge is 0.303 e. The van der Waals surface area contributed by atoms with Gasteiger partial charge in [-0.2, -0.15) is 0 Å². The van der Waals surface area contributed by atoms with Gasteiger partial charge in [-0.1, -0.05) is 89.9 Å². The molecule has 0 bridgehead atoms. The SMILES string of the molecule is CC(=O)CC[C@H](NC(=O)COCC(=O)NCCOCCOCCNC(=O)CCCCCCCCCCCCCCCCCCC(=O)O)C(C)=O. The third-order valence-electron chi connectivity index (χ3n) is 8.13. The van der Waals surface area contributed by atoms with Crippen LogP contribution in [0.1, 0.15) is 142 Å². The third kappa shape index (κ3) is 34.9. The van der Waals surface area contributed by atoms with E-state index in [1.807, 2.05) is 0 Å². The van der Waals surface area contributed by atoms with Crippen LogP contribution in [0.3, 0.4) is 0 Å². The molecule has 0 fully saturated rings. The quantitative estimate of drug-likeness (QED) is 0.0651. The Balaban J connectivity index is 3.42. The maximum Gasteiger partial charge on any atom is 0.303 e. The van der Waals surface area contributed by atoms with Crippen LogP contribution in [-0.4, -0.2) is 99.1 Å². The zero-order valence-corrected chi connectivity index (χ0v) is 31.0. The number of ether oxygens (including phenoxy) is 3. The highest BCUT2D eigenvalue weighted by molar-refractivity contribution is 5.88. The van der Waals surface area contributed by atoms with E-state index in [-0.39, 0.29) is 56.7 Å². The van der Waals surface area contributed by atoms with E-state index in [1.54, 1.807) is 0 Å². The van der Waals surface area contributed by atoms with Crippen molar-refractivity contribution in [1.29, 1.82) is 0 Å². The van der Waals surface area contributed by atoms with E-state index < -0.39 is 23.8 Å². The summed E-state index contributed by atoms with van der Waals surface area (Å²) in [6, 6.07) is -0.755. The predicted octanol–water partition coefficient (Wildman–Crippen LogP) is 4.82. The molecule has 4 N–H and O–H groups in total. The minimum Gasteiger partial charge on any atom is -0.481 e. The van der Waals surface area contributed by atoms with Crippen molar-refractivity contribution >= 4 is 35.3 Å². The van der Waals surface area contributed by atoms with Gasteiger partial charge < -0.3 is 40.1 Å². The molecule has 0 spiro atoms. The molecule has 0 aliphatic carbocycles. The zero-order chi connectivity index (χ0) is 37.1. The number of aliphatic carboxylic acids is 1. The molecule has 13 nitrogen and oxygen atoms in total. The number of amides is 3. The van der Waals surface area contributed by atoms with Crippen LogP contribution in [0, 0.1) is 0 Å². The van der Waals surface area contributed by atoms with Gasteiger partial charge in [-0.05, 0) is 33.1 Å². The second-order valence-corrected chi connectivity index (χ2v) is 12.9. The van der Waals surface area contributed by atoms with Crippen molar-refractivity contribution in [2.24, 2.45) is 0 Å². The number of Topliss-reactive ketones (excluding diaryl/α,β-unsaturated/α-hetero) is 2. The number of ketones is 2. The Kier molecular flexibility index (Phi) is 32.5. The van der Waals surface area contributed by atoms with Crippen molar-refractivity contribution in [1.82, 2.24) is 16.0 Å². The van der Waals surface area contributed by atoms with Crippen LogP contribution in [0.5, 0.6) is 0 Å². The van der Waals surface area contributed by atoms with Gasteiger partial charge in [0.05, 0.1) is 32.5 Å². The molecule has 290 valence electrons. The van der Waals surface area contributed by atoms with Gasteiger partial charge in [-0.15, -0.1) is 0 Å². The van der Waals surface area contributed by atoms with E-state index in [9.17, 15) is 28.8 Å². The lowest BCUT2D eigenvalue weighted by atomic mass is 10.0. The number of nitrogens with one attached hydrogen (secondary N) is 3. The van der Waals surface area contributed by atoms with Crippen LogP contribution in [0.4, 0.5) is 0 Å². The standard InChI is InChI=1S/C37H67N3O10/c1-31(41)21-22-33(32(2)42)40-36(45)30-50-29-35(44)39-24-26-49-28-27-48-25-23-38-34(43)19-17-15-13-11-9-7-5-3-4-6-8-10-12-14-16-18-20-37(46)47/h33H,3-30H2,1-2H3,(H,38,43)(H,39,44)(H,40,45)(H,46,47)/t33-/m0/s1. The molecular formula is C37H67N3O10. The lowest BCUT2D eigenvalue weighted by Crippen LogP contribution is -2.42. The van der Waals surface area contributed by atoms with E-state index >= 15 is 0 Å². The molecule has 13 heteroatoms. The molecule has 0 radical (unpaired) electrons. The van der Waals surface area contributed by atoms with E-state index in [2.05, 4.69) is 16.0 Å². The average molecular weight is 714 g/mol. The highest BCUT2D eigenvalue weighted by atomic mass is 16.5. The second kappa shape index (κ2) is 34.5. The van der Waals surface area contributed by atoms with E-state index in [0.717, 1.165) is 32.1 Å². The Labute approximate surface area is 300 Å². The summed E-state index contributed by atoms with van der Waals surface area (Å²) < 4.78 is 16.0. The van der Waals surface area contributed by atoms with Crippen LogP contribution in [0.15, 0.2) is 0 Å². The van der Waals surface area contributed by atoms with Gasteiger partial charge in [-0.25, -0.2) is 0 Å². The summed E-state index contributed by atoms with van der Waals surface area (Å²) in [5.74, 6) is -1.90. The summed E-state index contributed by atoms with van der Waals surface area (Å²) in [7, 11) is 0. The van der Waals surface area contributed by atoms with Crippen molar-refractivity contribution in [3.8, 4) is 0 Å². The fraction of sp³-hybridized carbons (Fsp3) is 0.838. The molecule has 0 heterocycles. The molecule has 0 aliphatic rings. The summed E-state index contributed by atoms with van der Waals surface area (Å²) in [4.78, 5) is 69.0. The Morgan fingerprint density at radius 1 is 0.500 bits per heavy atom. The molecule has 0 aliphatic heterocycles. The van der Waals surface area contributed by atoms with Crippen molar-refractivity contribution in [3.63, 3.8) is 0 Å². The summed E-state index contributed by atoms with van der Waals surface area (Å²) in [6.07, 6.45) is 20.2. The van der Waals surface area contributed by atoms with Gasteiger partial charge >= 0.3 is 5.97 Å². The molecule has 0 rings (SSSR count). The normalized spacial score (nSPS) is 11.6. The molecule has 0 aromatic carbocycles. The van der Waals surface area contributed by atoms with E-state index in [1.165, 1.54) is 84.5 Å². The number of rotatable bonds is 37. The first-order valence-electron chi connectivity index (χ1n) is 18.9. The first kappa shape index (κ1) is 47.1. The van der Waals surface area contributed by atoms with Gasteiger partial charge in [0.15, 0.2) is 5.78 Å². The average Bonchev–Trinajstić information content (AvgIpc) is 3.06. The summed E-state index contributed by atoms with van der Waals surface area (Å²) in [6.45, 7) is 4.19. The molecule has 0 saturated heterocycles. The molecule has 1 atom stereocenters. The molecule has 0 saturated carbocycles. The molecular weight excluding hydrogens is 646 g/mol. The van der Waals surface area contributed by atoms with Gasteiger partial charge in [0.2, 0.25) is 17.7 Å². The Bertz CT molecular complexity index is 931. The van der Waals surface area contributed by atoms with Crippen LogP contribution >= 0.6 is 0 Å². The maximum atomic E-state index is 12.0. The molecule has 0 aromatic rings. The van der Waals surface area contributed by atoms with Crippen LogP contribution in [0.2, 0.25) is 0 Å². The van der Waals surface area contributed by atoms with Gasteiger partial charge in [0.25, 0.3) is 0 Å². The first-order chi connectivity index (χ1) is 24.1. The summed E-state index contributed by atoms with van der Waals surface area (Å²) in [5, 5.41) is 16.6. The lowest BCUT2D eigenvalue weighted by Gasteiger charge is -2.15. The Morgan fingerprint density at radius 2 is 0.920 bits per heavy atom. The highest BCUT2D eigenvalue weighted by Gasteiger charge is 2.17. The van der Waals surface area contributed by atoms with Crippen molar-refractivity contribution in [2.45, 2.75) is 148 Å². The minimum atomic E-state index is -0.755. The van der Waals surface area contributed by atoms with Crippen molar-refractivity contribution in [2.75, 3.05) is 52.7 Å². The number of carboxylic acids is 1. The number of hydrogen-bond donors (Lipinski definition) is 4. The fourth-order valence-corrected chi connectivity index (χ4v) is 5.22. The number of carbonyl (C=O) groups excluding carboxylic acids is 5. The summed E-state index contributed by atoms with van der Waals surface area (Å²) >= 11 is 0. The fourth-order valence-electron chi connectivity index (χ4n) is 5.22. The summed E-state index contributed by atoms with van der Waals surface area (Å²) in [5.41, 5.74) is 0. The second-order valence-electron chi connectivity index (χ2n) is 12.9. The Hall–Kier alpha value is -2.90. The Morgan fingerprint density at radius 3 is 1.36 bits per heavy atom. The lowest BCUT2D eigenvalue weighted by molar-refractivity contribution is -0.137.